The van der Waals surface area contributed by atoms with Crippen molar-refractivity contribution >= 4 is 11.6 Å². The molecular formula is C10H10ClF2N. The highest BCUT2D eigenvalue weighted by Crippen LogP contribution is 2.25. The molecule has 0 atom stereocenters. The molecular weight excluding hydrogens is 208 g/mol. The predicted octanol–water partition coefficient (Wildman–Crippen LogP) is 2.87. The van der Waals surface area contributed by atoms with Crippen molar-refractivity contribution in [1.82, 2.24) is 5.32 Å². The van der Waals surface area contributed by atoms with E-state index in [4.69, 9.17) is 11.6 Å². The third-order valence-electron chi connectivity index (χ3n) is 2.28. The monoisotopic (exact) mass is 217 g/mol. The zero-order valence-electron chi connectivity index (χ0n) is 7.49. The fraction of sp³-hybridized carbons (Fsp3) is 0.400. The first-order chi connectivity index (χ1) is 6.68. The molecule has 0 radical (unpaired) electrons. The average molecular weight is 218 g/mol. The Morgan fingerprint density at radius 1 is 1.29 bits per heavy atom. The van der Waals surface area contributed by atoms with Gasteiger partial charge in [-0.05, 0) is 25.0 Å². The Bertz CT molecular complexity index is 350. The molecule has 1 fully saturated rings. The van der Waals surface area contributed by atoms with E-state index >= 15 is 0 Å². The van der Waals surface area contributed by atoms with E-state index in [0.29, 0.717) is 12.6 Å². The highest BCUT2D eigenvalue weighted by atomic mass is 35.5. The molecule has 76 valence electrons. The van der Waals surface area contributed by atoms with Crippen LogP contribution in [-0.4, -0.2) is 6.04 Å². The number of benzene rings is 1. The third kappa shape index (κ3) is 2.04. The van der Waals surface area contributed by atoms with Crippen LogP contribution in [0, 0.1) is 11.6 Å². The molecule has 4 heteroatoms. The fourth-order valence-corrected chi connectivity index (χ4v) is 1.49. The number of halogens is 3. The van der Waals surface area contributed by atoms with Gasteiger partial charge in [0.15, 0.2) is 0 Å². The number of nitrogens with one attached hydrogen (secondary N) is 1. The molecule has 0 aliphatic heterocycles. The van der Waals surface area contributed by atoms with E-state index in [1.165, 1.54) is 0 Å². The van der Waals surface area contributed by atoms with Crippen LogP contribution in [0.2, 0.25) is 5.02 Å². The maximum atomic E-state index is 13.2. The second kappa shape index (κ2) is 3.83. The van der Waals surface area contributed by atoms with E-state index in [-0.39, 0.29) is 10.6 Å². The Balaban J connectivity index is 2.16. The van der Waals surface area contributed by atoms with E-state index in [9.17, 15) is 8.78 Å². The van der Waals surface area contributed by atoms with Crippen molar-refractivity contribution in [2.24, 2.45) is 0 Å². The Morgan fingerprint density at radius 2 is 1.93 bits per heavy atom. The topological polar surface area (TPSA) is 12.0 Å². The number of hydrogen-bond acceptors (Lipinski definition) is 1. The van der Waals surface area contributed by atoms with Crippen LogP contribution in [0.4, 0.5) is 8.78 Å². The van der Waals surface area contributed by atoms with E-state index in [2.05, 4.69) is 5.32 Å². The summed E-state index contributed by atoms with van der Waals surface area (Å²) in [5, 5.41) is 2.98. The Morgan fingerprint density at radius 3 is 2.57 bits per heavy atom. The standard InChI is InChI=1S/C10H10ClF2N/c11-10-7(5-14-6-1-2-6)8(12)3-4-9(10)13/h3-4,6,14H,1-2,5H2. The zero-order valence-corrected chi connectivity index (χ0v) is 8.24. The summed E-state index contributed by atoms with van der Waals surface area (Å²) in [4.78, 5) is 0. The normalized spacial score (nSPS) is 15.9. The summed E-state index contributed by atoms with van der Waals surface area (Å²) in [6.45, 7) is 0.299. The van der Waals surface area contributed by atoms with Gasteiger partial charge < -0.3 is 5.32 Å². The molecule has 1 saturated carbocycles. The molecule has 0 unspecified atom stereocenters. The summed E-state index contributed by atoms with van der Waals surface area (Å²) in [5.41, 5.74) is 0.221. The molecule has 1 aromatic carbocycles. The maximum Gasteiger partial charge on any atom is 0.142 e. The van der Waals surface area contributed by atoms with Gasteiger partial charge in [-0.3, -0.25) is 0 Å². The molecule has 14 heavy (non-hydrogen) atoms. The second-order valence-electron chi connectivity index (χ2n) is 3.48. The van der Waals surface area contributed by atoms with Crippen LogP contribution < -0.4 is 5.32 Å². The molecule has 1 N–H and O–H groups in total. The molecule has 2 rings (SSSR count). The van der Waals surface area contributed by atoms with Gasteiger partial charge in [-0.15, -0.1) is 0 Å². The number of hydrogen-bond donors (Lipinski definition) is 1. The minimum absolute atomic E-state index is 0.113. The van der Waals surface area contributed by atoms with Crippen molar-refractivity contribution in [3.05, 3.63) is 34.4 Å². The van der Waals surface area contributed by atoms with Crippen molar-refractivity contribution in [3.8, 4) is 0 Å². The van der Waals surface area contributed by atoms with Crippen LogP contribution in [0.1, 0.15) is 18.4 Å². The molecule has 0 bridgehead atoms. The van der Waals surface area contributed by atoms with Crippen LogP contribution in [0.3, 0.4) is 0 Å². The number of rotatable bonds is 3. The Labute approximate surface area is 86.1 Å². The summed E-state index contributed by atoms with van der Waals surface area (Å²) < 4.78 is 26.2. The molecule has 0 spiro atoms. The molecule has 0 amide bonds. The first-order valence-electron chi connectivity index (χ1n) is 4.54. The lowest BCUT2D eigenvalue weighted by Crippen LogP contribution is -2.16. The van der Waals surface area contributed by atoms with Crippen LogP contribution in [0.5, 0.6) is 0 Å². The van der Waals surface area contributed by atoms with Gasteiger partial charge in [0.1, 0.15) is 11.6 Å². The van der Waals surface area contributed by atoms with Gasteiger partial charge in [-0.25, -0.2) is 8.78 Å². The largest absolute Gasteiger partial charge is 0.310 e. The molecule has 0 saturated heterocycles. The first kappa shape index (κ1) is 9.87. The lowest BCUT2D eigenvalue weighted by atomic mass is 10.2. The minimum Gasteiger partial charge on any atom is -0.310 e. The Kier molecular flexibility index (Phi) is 2.70. The lowest BCUT2D eigenvalue weighted by molar-refractivity contribution is 0.568. The van der Waals surface area contributed by atoms with Crippen LogP contribution in [0.25, 0.3) is 0 Å². The highest BCUT2D eigenvalue weighted by molar-refractivity contribution is 6.31. The van der Waals surface area contributed by atoms with Crippen LogP contribution >= 0.6 is 11.6 Å². The maximum absolute atomic E-state index is 13.2. The third-order valence-corrected chi connectivity index (χ3v) is 2.69. The highest BCUT2D eigenvalue weighted by Gasteiger charge is 2.21. The van der Waals surface area contributed by atoms with Crippen molar-refractivity contribution < 1.29 is 8.78 Å². The molecule has 0 aromatic heterocycles. The lowest BCUT2D eigenvalue weighted by Gasteiger charge is -2.07. The molecule has 1 aromatic rings. The van der Waals surface area contributed by atoms with Crippen molar-refractivity contribution in [3.63, 3.8) is 0 Å². The fourth-order valence-electron chi connectivity index (χ4n) is 1.26. The van der Waals surface area contributed by atoms with Gasteiger partial charge in [-0.1, -0.05) is 11.6 Å². The van der Waals surface area contributed by atoms with Gasteiger partial charge in [0, 0.05) is 18.2 Å². The van der Waals surface area contributed by atoms with Crippen molar-refractivity contribution in [1.29, 1.82) is 0 Å². The van der Waals surface area contributed by atoms with Gasteiger partial charge in [0.05, 0.1) is 5.02 Å². The summed E-state index contributed by atoms with van der Waals surface area (Å²) in [6.07, 6.45) is 2.21. The van der Waals surface area contributed by atoms with Gasteiger partial charge in [-0.2, -0.15) is 0 Å². The first-order valence-corrected chi connectivity index (χ1v) is 4.92. The van der Waals surface area contributed by atoms with E-state index in [0.717, 1.165) is 25.0 Å². The SMILES string of the molecule is Fc1ccc(F)c(CNC2CC2)c1Cl. The molecule has 1 aliphatic carbocycles. The predicted molar refractivity (Wildman–Crippen MR) is 51.2 cm³/mol. The average Bonchev–Trinajstić information content (AvgIpc) is 2.95. The van der Waals surface area contributed by atoms with Gasteiger partial charge in [0.2, 0.25) is 0 Å². The van der Waals surface area contributed by atoms with Crippen LogP contribution in [0.15, 0.2) is 12.1 Å². The van der Waals surface area contributed by atoms with Crippen molar-refractivity contribution in [2.45, 2.75) is 25.4 Å². The van der Waals surface area contributed by atoms with E-state index in [1.807, 2.05) is 0 Å². The van der Waals surface area contributed by atoms with E-state index in [1.54, 1.807) is 0 Å². The minimum atomic E-state index is -0.569. The van der Waals surface area contributed by atoms with Crippen molar-refractivity contribution in [2.75, 3.05) is 0 Å². The van der Waals surface area contributed by atoms with Crippen LogP contribution in [-0.2, 0) is 6.54 Å². The summed E-state index contributed by atoms with van der Waals surface area (Å²) in [6, 6.07) is 2.59. The smallest absolute Gasteiger partial charge is 0.142 e. The summed E-state index contributed by atoms with van der Waals surface area (Å²) in [5.74, 6) is -1.02. The zero-order chi connectivity index (χ0) is 10.1. The molecule has 1 nitrogen and oxygen atoms in total. The van der Waals surface area contributed by atoms with Gasteiger partial charge in [0.25, 0.3) is 0 Å². The quantitative estimate of drug-likeness (QED) is 0.768. The van der Waals surface area contributed by atoms with Gasteiger partial charge >= 0.3 is 0 Å². The Hall–Kier alpha value is -0.670. The molecule has 1 aliphatic rings. The summed E-state index contributed by atoms with van der Waals surface area (Å²) >= 11 is 5.65. The summed E-state index contributed by atoms with van der Waals surface area (Å²) in [7, 11) is 0. The molecule has 0 heterocycles. The second-order valence-corrected chi connectivity index (χ2v) is 3.85. The van der Waals surface area contributed by atoms with E-state index < -0.39 is 11.6 Å².